The van der Waals surface area contributed by atoms with Crippen molar-refractivity contribution < 1.29 is 4.74 Å². The van der Waals surface area contributed by atoms with Crippen LogP contribution in [0.3, 0.4) is 0 Å². The van der Waals surface area contributed by atoms with Gasteiger partial charge in [0.25, 0.3) is 0 Å². The van der Waals surface area contributed by atoms with E-state index in [1.165, 1.54) is 0 Å². The summed E-state index contributed by atoms with van der Waals surface area (Å²) in [6.45, 7) is 9.71. The molecular formula is C10H23NO. The lowest BCUT2D eigenvalue weighted by molar-refractivity contribution is 0.171. The largest absolute Gasteiger partial charge is 0.385 e. The predicted molar refractivity (Wildman–Crippen MR) is 53.4 cm³/mol. The maximum absolute atomic E-state index is 5.06. The van der Waals surface area contributed by atoms with Crippen LogP contribution in [0.4, 0.5) is 0 Å². The van der Waals surface area contributed by atoms with Crippen molar-refractivity contribution in [2.24, 2.45) is 5.92 Å². The highest BCUT2D eigenvalue weighted by Crippen LogP contribution is 2.06. The van der Waals surface area contributed by atoms with E-state index in [9.17, 15) is 0 Å². The zero-order valence-corrected chi connectivity index (χ0v) is 9.05. The van der Waals surface area contributed by atoms with Gasteiger partial charge >= 0.3 is 0 Å². The third kappa shape index (κ3) is 5.56. The van der Waals surface area contributed by atoms with E-state index in [0.717, 1.165) is 13.0 Å². The zero-order valence-electron chi connectivity index (χ0n) is 9.05. The fourth-order valence-corrected chi connectivity index (χ4v) is 1.28. The standard InChI is InChI=1S/C10H23NO/c1-8(2)10(6-7-12-5)11-9(3)4/h8-11H,6-7H2,1-5H3/t10-/m1/s1. The molecule has 2 nitrogen and oxygen atoms in total. The molecule has 0 saturated heterocycles. The van der Waals surface area contributed by atoms with E-state index in [1.807, 2.05) is 0 Å². The summed E-state index contributed by atoms with van der Waals surface area (Å²) in [7, 11) is 1.76. The third-order valence-corrected chi connectivity index (χ3v) is 1.99. The van der Waals surface area contributed by atoms with Crippen molar-refractivity contribution in [2.45, 2.75) is 46.2 Å². The number of nitrogens with one attached hydrogen (secondary N) is 1. The SMILES string of the molecule is COCC[C@@H](NC(C)C)C(C)C. The first-order valence-electron chi connectivity index (χ1n) is 4.83. The van der Waals surface area contributed by atoms with Crippen molar-refractivity contribution in [3.05, 3.63) is 0 Å². The molecule has 0 aliphatic rings. The van der Waals surface area contributed by atoms with Gasteiger partial charge in [0, 0.05) is 25.8 Å². The lowest BCUT2D eigenvalue weighted by atomic mass is 10.0. The van der Waals surface area contributed by atoms with Gasteiger partial charge in [0.05, 0.1) is 0 Å². The van der Waals surface area contributed by atoms with Gasteiger partial charge < -0.3 is 10.1 Å². The highest BCUT2D eigenvalue weighted by molar-refractivity contribution is 4.72. The summed E-state index contributed by atoms with van der Waals surface area (Å²) in [6.07, 6.45) is 1.10. The van der Waals surface area contributed by atoms with Gasteiger partial charge in [-0.05, 0) is 12.3 Å². The van der Waals surface area contributed by atoms with Gasteiger partial charge in [-0.15, -0.1) is 0 Å². The van der Waals surface area contributed by atoms with E-state index in [-0.39, 0.29) is 0 Å². The second-order valence-corrected chi connectivity index (χ2v) is 3.95. The molecule has 0 saturated carbocycles. The Morgan fingerprint density at radius 3 is 2.08 bits per heavy atom. The first-order chi connectivity index (χ1) is 5.57. The summed E-state index contributed by atoms with van der Waals surface area (Å²) in [5.41, 5.74) is 0. The van der Waals surface area contributed by atoms with Crippen LogP contribution in [-0.2, 0) is 4.74 Å². The second kappa shape index (κ2) is 6.44. The molecule has 0 fully saturated rings. The van der Waals surface area contributed by atoms with Crippen molar-refractivity contribution in [2.75, 3.05) is 13.7 Å². The van der Waals surface area contributed by atoms with Crippen LogP contribution >= 0.6 is 0 Å². The van der Waals surface area contributed by atoms with Crippen LogP contribution in [0, 0.1) is 5.92 Å². The molecule has 0 aromatic rings. The van der Waals surface area contributed by atoms with Gasteiger partial charge in [0.2, 0.25) is 0 Å². The van der Waals surface area contributed by atoms with Crippen molar-refractivity contribution in [1.82, 2.24) is 5.32 Å². The molecule has 0 spiro atoms. The number of rotatable bonds is 6. The van der Waals surface area contributed by atoms with Crippen LogP contribution in [0.25, 0.3) is 0 Å². The fraction of sp³-hybridized carbons (Fsp3) is 1.00. The van der Waals surface area contributed by atoms with Crippen molar-refractivity contribution in [3.63, 3.8) is 0 Å². The second-order valence-electron chi connectivity index (χ2n) is 3.95. The number of methoxy groups -OCH3 is 1. The highest BCUT2D eigenvalue weighted by atomic mass is 16.5. The Hall–Kier alpha value is -0.0800. The monoisotopic (exact) mass is 173 g/mol. The number of hydrogen-bond donors (Lipinski definition) is 1. The first-order valence-corrected chi connectivity index (χ1v) is 4.83. The predicted octanol–water partition coefficient (Wildman–Crippen LogP) is 2.05. The van der Waals surface area contributed by atoms with E-state index < -0.39 is 0 Å². The molecule has 0 amide bonds. The number of hydrogen-bond acceptors (Lipinski definition) is 2. The van der Waals surface area contributed by atoms with Gasteiger partial charge in [0.15, 0.2) is 0 Å². The molecule has 2 heteroatoms. The molecule has 12 heavy (non-hydrogen) atoms. The fourth-order valence-electron chi connectivity index (χ4n) is 1.28. The molecule has 0 unspecified atom stereocenters. The summed E-state index contributed by atoms with van der Waals surface area (Å²) in [5.74, 6) is 0.683. The molecule has 0 heterocycles. The molecule has 74 valence electrons. The van der Waals surface area contributed by atoms with Gasteiger partial charge in [-0.3, -0.25) is 0 Å². The van der Waals surface area contributed by atoms with E-state index in [2.05, 4.69) is 33.0 Å². The van der Waals surface area contributed by atoms with Crippen LogP contribution < -0.4 is 5.32 Å². The Kier molecular flexibility index (Phi) is 6.39. The molecule has 0 radical (unpaired) electrons. The Balaban J connectivity index is 3.70. The number of ether oxygens (including phenoxy) is 1. The van der Waals surface area contributed by atoms with E-state index in [1.54, 1.807) is 7.11 Å². The van der Waals surface area contributed by atoms with Crippen LogP contribution in [0.15, 0.2) is 0 Å². The minimum absolute atomic E-state index is 0.564. The first kappa shape index (κ1) is 11.9. The Bertz CT molecular complexity index is 102. The van der Waals surface area contributed by atoms with Crippen LogP contribution in [-0.4, -0.2) is 25.8 Å². The van der Waals surface area contributed by atoms with Crippen molar-refractivity contribution in [1.29, 1.82) is 0 Å². The summed E-state index contributed by atoms with van der Waals surface area (Å²) in [4.78, 5) is 0. The minimum Gasteiger partial charge on any atom is -0.385 e. The van der Waals surface area contributed by atoms with Gasteiger partial charge in [-0.1, -0.05) is 27.7 Å². The maximum Gasteiger partial charge on any atom is 0.0477 e. The molecule has 0 bridgehead atoms. The van der Waals surface area contributed by atoms with E-state index in [4.69, 9.17) is 4.74 Å². The molecular weight excluding hydrogens is 150 g/mol. The smallest absolute Gasteiger partial charge is 0.0477 e. The Morgan fingerprint density at radius 1 is 1.17 bits per heavy atom. The van der Waals surface area contributed by atoms with E-state index >= 15 is 0 Å². The molecule has 1 atom stereocenters. The molecule has 0 aromatic carbocycles. The lowest BCUT2D eigenvalue weighted by Gasteiger charge is -2.24. The molecule has 0 aliphatic heterocycles. The maximum atomic E-state index is 5.06. The van der Waals surface area contributed by atoms with Crippen LogP contribution in [0.1, 0.15) is 34.1 Å². The topological polar surface area (TPSA) is 21.3 Å². The quantitative estimate of drug-likeness (QED) is 0.663. The summed E-state index contributed by atoms with van der Waals surface area (Å²) < 4.78 is 5.06. The minimum atomic E-state index is 0.564. The van der Waals surface area contributed by atoms with Crippen LogP contribution in [0.2, 0.25) is 0 Å². The summed E-state index contributed by atoms with van der Waals surface area (Å²) in [5, 5.41) is 3.53. The van der Waals surface area contributed by atoms with Gasteiger partial charge in [-0.25, -0.2) is 0 Å². The molecule has 0 aromatic heterocycles. The molecule has 1 N–H and O–H groups in total. The average Bonchev–Trinajstić information content (AvgIpc) is 1.96. The lowest BCUT2D eigenvalue weighted by Crippen LogP contribution is -2.39. The van der Waals surface area contributed by atoms with E-state index in [0.29, 0.717) is 18.0 Å². The Morgan fingerprint density at radius 2 is 1.75 bits per heavy atom. The van der Waals surface area contributed by atoms with Crippen molar-refractivity contribution >= 4 is 0 Å². The summed E-state index contributed by atoms with van der Waals surface area (Å²) >= 11 is 0. The van der Waals surface area contributed by atoms with Gasteiger partial charge in [-0.2, -0.15) is 0 Å². The third-order valence-electron chi connectivity index (χ3n) is 1.99. The van der Waals surface area contributed by atoms with Gasteiger partial charge in [0.1, 0.15) is 0 Å². The normalized spacial score (nSPS) is 14.2. The summed E-state index contributed by atoms with van der Waals surface area (Å²) in [6, 6.07) is 1.15. The zero-order chi connectivity index (χ0) is 9.56. The Labute approximate surface area is 76.7 Å². The van der Waals surface area contributed by atoms with Crippen LogP contribution in [0.5, 0.6) is 0 Å². The molecule has 0 rings (SSSR count). The molecule has 0 aliphatic carbocycles. The van der Waals surface area contributed by atoms with Crippen molar-refractivity contribution in [3.8, 4) is 0 Å². The highest BCUT2D eigenvalue weighted by Gasteiger charge is 2.12. The average molecular weight is 173 g/mol.